The highest BCUT2D eigenvalue weighted by Crippen LogP contribution is 2.32. The second-order valence-electron chi connectivity index (χ2n) is 5.16. The predicted molar refractivity (Wildman–Crippen MR) is 92.1 cm³/mol. The van der Waals surface area contributed by atoms with Crippen LogP contribution in [0, 0.1) is 5.92 Å². The Morgan fingerprint density at radius 2 is 2.04 bits per heavy atom. The molecule has 2 heterocycles. The summed E-state index contributed by atoms with van der Waals surface area (Å²) >= 11 is 7.29. The van der Waals surface area contributed by atoms with Crippen molar-refractivity contribution in [2.75, 3.05) is 27.4 Å². The van der Waals surface area contributed by atoms with Gasteiger partial charge in [-0.05, 0) is 6.07 Å². The predicted octanol–water partition coefficient (Wildman–Crippen LogP) is 3.36. The van der Waals surface area contributed by atoms with Crippen molar-refractivity contribution in [2.45, 2.75) is 13.3 Å². The summed E-state index contributed by atoms with van der Waals surface area (Å²) in [6.07, 6.45) is 0.0729. The molecule has 130 valence electrons. The van der Waals surface area contributed by atoms with Crippen LogP contribution in [0.5, 0.6) is 5.75 Å². The molecule has 0 amide bonds. The van der Waals surface area contributed by atoms with Gasteiger partial charge in [-0.25, -0.2) is 4.98 Å². The SMILES string of the molecule is COCCOC(=O)[C@@H](C)CC(=O)c1cc2nc(Cl)c(OC)cc2s1. The van der Waals surface area contributed by atoms with E-state index in [-0.39, 0.29) is 24.0 Å². The van der Waals surface area contributed by atoms with Gasteiger partial charge in [-0.15, -0.1) is 11.3 Å². The molecule has 8 heteroatoms. The molecule has 0 aromatic carbocycles. The second kappa shape index (κ2) is 8.41. The summed E-state index contributed by atoms with van der Waals surface area (Å²) in [7, 11) is 3.03. The summed E-state index contributed by atoms with van der Waals surface area (Å²) in [6, 6.07) is 3.42. The van der Waals surface area contributed by atoms with Gasteiger partial charge in [-0.2, -0.15) is 0 Å². The van der Waals surface area contributed by atoms with Gasteiger partial charge in [-0.1, -0.05) is 18.5 Å². The first-order chi connectivity index (χ1) is 11.5. The summed E-state index contributed by atoms with van der Waals surface area (Å²) in [6.45, 7) is 2.18. The van der Waals surface area contributed by atoms with Crippen LogP contribution in [0.15, 0.2) is 12.1 Å². The monoisotopic (exact) mass is 371 g/mol. The third-order valence-corrected chi connectivity index (χ3v) is 4.73. The standard InChI is InChI=1S/C16H18ClNO5S/c1-9(16(20)23-5-4-21-2)6-11(19)14-7-10-13(24-14)8-12(22-3)15(17)18-10/h7-9H,4-6H2,1-3H3/t9-/m0/s1. The molecule has 0 saturated carbocycles. The quantitative estimate of drug-likeness (QED) is 0.306. The van der Waals surface area contributed by atoms with E-state index in [0.717, 1.165) is 4.70 Å². The molecule has 0 fully saturated rings. The lowest BCUT2D eigenvalue weighted by molar-refractivity contribution is -0.149. The van der Waals surface area contributed by atoms with Gasteiger partial charge >= 0.3 is 5.97 Å². The number of halogens is 1. The van der Waals surface area contributed by atoms with Crippen LogP contribution in [0.3, 0.4) is 0 Å². The van der Waals surface area contributed by atoms with E-state index >= 15 is 0 Å². The number of aromatic nitrogens is 1. The maximum atomic E-state index is 12.4. The Bertz CT molecular complexity index is 745. The van der Waals surface area contributed by atoms with E-state index in [0.29, 0.717) is 22.8 Å². The van der Waals surface area contributed by atoms with E-state index in [1.165, 1.54) is 25.6 Å². The molecule has 2 rings (SSSR count). The maximum Gasteiger partial charge on any atom is 0.309 e. The molecule has 0 bridgehead atoms. The van der Waals surface area contributed by atoms with Crippen molar-refractivity contribution in [1.82, 2.24) is 4.98 Å². The second-order valence-corrected chi connectivity index (χ2v) is 6.61. The molecule has 2 aromatic rings. The Balaban J connectivity index is 2.06. The van der Waals surface area contributed by atoms with Gasteiger partial charge in [0.05, 0.1) is 34.7 Å². The van der Waals surface area contributed by atoms with Gasteiger partial charge < -0.3 is 14.2 Å². The summed E-state index contributed by atoms with van der Waals surface area (Å²) < 4.78 is 15.8. The van der Waals surface area contributed by atoms with E-state index in [1.807, 2.05) is 0 Å². The number of methoxy groups -OCH3 is 2. The van der Waals surface area contributed by atoms with Crippen LogP contribution in [-0.2, 0) is 14.3 Å². The molecule has 0 aliphatic rings. The highest BCUT2D eigenvalue weighted by molar-refractivity contribution is 7.20. The first-order valence-electron chi connectivity index (χ1n) is 7.29. The number of rotatable bonds is 8. The molecule has 0 saturated heterocycles. The van der Waals surface area contributed by atoms with Crippen molar-refractivity contribution >= 4 is 44.9 Å². The average Bonchev–Trinajstić information content (AvgIpc) is 2.96. The Morgan fingerprint density at radius 1 is 1.29 bits per heavy atom. The van der Waals surface area contributed by atoms with E-state index in [4.69, 9.17) is 25.8 Å². The average molecular weight is 372 g/mol. The minimum atomic E-state index is -0.523. The molecule has 6 nitrogen and oxygen atoms in total. The minimum absolute atomic E-state index is 0.0729. The Labute approximate surface area is 148 Å². The third-order valence-electron chi connectivity index (χ3n) is 3.34. The van der Waals surface area contributed by atoms with Gasteiger partial charge in [0, 0.05) is 19.6 Å². The molecule has 2 aromatic heterocycles. The molecule has 1 atom stereocenters. The van der Waals surface area contributed by atoms with E-state index in [1.54, 1.807) is 19.1 Å². The zero-order valence-electron chi connectivity index (χ0n) is 13.6. The summed E-state index contributed by atoms with van der Waals surface area (Å²) in [5.41, 5.74) is 0.629. The smallest absolute Gasteiger partial charge is 0.309 e. The van der Waals surface area contributed by atoms with Gasteiger partial charge in [-0.3, -0.25) is 9.59 Å². The number of ether oxygens (including phenoxy) is 3. The zero-order chi connectivity index (χ0) is 17.7. The number of esters is 1. The fourth-order valence-electron chi connectivity index (χ4n) is 2.04. The maximum absolute atomic E-state index is 12.4. The number of hydrogen-bond acceptors (Lipinski definition) is 7. The van der Waals surface area contributed by atoms with Crippen molar-refractivity contribution in [3.05, 3.63) is 22.2 Å². The number of pyridine rings is 1. The molecular formula is C16H18ClNO5S. The third kappa shape index (κ3) is 4.43. The molecule has 0 unspecified atom stereocenters. The Morgan fingerprint density at radius 3 is 2.71 bits per heavy atom. The number of Topliss-reactive ketones (excluding diaryl/α,β-unsaturated/α-hetero) is 1. The number of hydrogen-bond donors (Lipinski definition) is 0. The van der Waals surface area contributed by atoms with Crippen LogP contribution in [0.2, 0.25) is 5.15 Å². The highest BCUT2D eigenvalue weighted by atomic mass is 35.5. The number of nitrogens with zero attached hydrogens (tertiary/aromatic N) is 1. The fraction of sp³-hybridized carbons (Fsp3) is 0.438. The zero-order valence-corrected chi connectivity index (χ0v) is 15.2. The summed E-state index contributed by atoms with van der Waals surface area (Å²) in [5.74, 6) is -0.612. The first-order valence-corrected chi connectivity index (χ1v) is 8.48. The first kappa shape index (κ1) is 18.6. The van der Waals surface area contributed by atoms with E-state index in [9.17, 15) is 9.59 Å². The number of carbonyl (C=O) groups is 2. The number of fused-ring (bicyclic) bond motifs is 1. The van der Waals surface area contributed by atoms with Crippen LogP contribution in [0.4, 0.5) is 0 Å². The highest BCUT2D eigenvalue weighted by Gasteiger charge is 2.21. The van der Waals surface area contributed by atoms with Crippen LogP contribution < -0.4 is 4.74 Å². The number of carbonyl (C=O) groups excluding carboxylic acids is 2. The van der Waals surface area contributed by atoms with Gasteiger partial charge in [0.1, 0.15) is 6.61 Å². The topological polar surface area (TPSA) is 74.7 Å². The lowest BCUT2D eigenvalue weighted by Crippen LogP contribution is -2.19. The van der Waals surface area contributed by atoms with Gasteiger partial charge in [0.15, 0.2) is 16.7 Å². The lowest BCUT2D eigenvalue weighted by Gasteiger charge is -2.09. The van der Waals surface area contributed by atoms with Crippen molar-refractivity contribution in [3.63, 3.8) is 0 Å². The van der Waals surface area contributed by atoms with E-state index in [2.05, 4.69) is 4.98 Å². The van der Waals surface area contributed by atoms with Gasteiger partial charge in [0.25, 0.3) is 0 Å². The molecule has 0 spiro atoms. The molecule has 0 N–H and O–H groups in total. The Hall–Kier alpha value is -1.70. The summed E-state index contributed by atoms with van der Waals surface area (Å²) in [4.78, 5) is 28.9. The van der Waals surface area contributed by atoms with Crippen molar-refractivity contribution in [3.8, 4) is 5.75 Å². The van der Waals surface area contributed by atoms with Crippen molar-refractivity contribution < 1.29 is 23.8 Å². The molecule has 24 heavy (non-hydrogen) atoms. The Kier molecular flexibility index (Phi) is 6.53. The molecular weight excluding hydrogens is 354 g/mol. The fourth-order valence-corrected chi connectivity index (χ4v) is 3.24. The van der Waals surface area contributed by atoms with Crippen LogP contribution in [0.25, 0.3) is 10.2 Å². The summed E-state index contributed by atoms with van der Waals surface area (Å²) in [5, 5.41) is 0.247. The molecule has 0 aliphatic heterocycles. The lowest BCUT2D eigenvalue weighted by atomic mass is 10.0. The molecule has 0 aliphatic carbocycles. The van der Waals surface area contributed by atoms with Crippen LogP contribution in [-0.4, -0.2) is 44.2 Å². The normalized spacial score (nSPS) is 12.2. The molecule has 0 radical (unpaired) electrons. The largest absolute Gasteiger partial charge is 0.493 e. The van der Waals surface area contributed by atoms with Gasteiger partial charge in [0.2, 0.25) is 0 Å². The number of ketones is 1. The van der Waals surface area contributed by atoms with Crippen molar-refractivity contribution in [1.29, 1.82) is 0 Å². The minimum Gasteiger partial charge on any atom is -0.493 e. The number of thiophene rings is 1. The van der Waals surface area contributed by atoms with Crippen LogP contribution >= 0.6 is 22.9 Å². The van der Waals surface area contributed by atoms with Crippen molar-refractivity contribution in [2.24, 2.45) is 5.92 Å². The van der Waals surface area contributed by atoms with E-state index < -0.39 is 11.9 Å². The van der Waals surface area contributed by atoms with Crippen LogP contribution in [0.1, 0.15) is 23.0 Å².